The van der Waals surface area contributed by atoms with Crippen molar-refractivity contribution in [2.24, 2.45) is 0 Å². The lowest BCUT2D eigenvalue weighted by Crippen LogP contribution is -2.43. The zero-order valence-electron chi connectivity index (χ0n) is 11.1. The van der Waals surface area contributed by atoms with Crippen LogP contribution in [0.3, 0.4) is 0 Å². The van der Waals surface area contributed by atoms with Crippen molar-refractivity contribution in [1.82, 2.24) is 14.9 Å². The van der Waals surface area contributed by atoms with Gasteiger partial charge in [0, 0.05) is 31.4 Å². The fourth-order valence-electron chi connectivity index (χ4n) is 2.47. The summed E-state index contributed by atoms with van der Waals surface area (Å²) >= 11 is 0. The number of hydrogen-bond acceptors (Lipinski definition) is 4. The molecule has 2 aromatic rings. The molecule has 1 aromatic carbocycles. The van der Waals surface area contributed by atoms with Gasteiger partial charge in [-0.05, 0) is 24.6 Å². The summed E-state index contributed by atoms with van der Waals surface area (Å²) in [5.41, 5.74) is 0.698. The van der Waals surface area contributed by atoms with Gasteiger partial charge in [0.2, 0.25) is 5.91 Å². The van der Waals surface area contributed by atoms with Gasteiger partial charge in [-0.25, -0.2) is 14.4 Å². The van der Waals surface area contributed by atoms with E-state index >= 15 is 0 Å². The van der Waals surface area contributed by atoms with Gasteiger partial charge in [-0.2, -0.15) is 0 Å². The molecular formula is C14H15FN4O. The number of likely N-dealkylation sites (tertiary alicyclic amines) is 1. The topological polar surface area (TPSA) is 58.1 Å². The van der Waals surface area contributed by atoms with E-state index in [4.69, 9.17) is 0 Å². The highest BCUT2D eigenvalue weighted by Crippen LogP contribution is 2.22. The number of rotatable bonds is 2. The van der Waals surface area contributed by atoms with Crippen LogP contribution in [-0.4, -0.2) is 40.4 Å². The molecule has 2 heterocycles. The van der Waals surface area contributed by atoms with E-state index in [9.17, 15) is 9.18 Å². The number of piperidine rings is 1. The largest absolute Gasteiger partial charge is 0.365 e. The molecule has 0 spiro atoms. The van der Waals surface area contributed by atoms with Gasteiger partial charge in [0.05, 0.1) is 5.52 Å². The number of nitrogens with one attached hydrogen (secondary N) is 1. The molecule has 1 saturated heterocycles. The summed E-state index contributed by atoms with van der Waals surface area (Å²) in [6.45, 7) is 0.625. The van der Waals surface area contributed by atoms with Crippen molar-refractivity contribution in [3.05, 3.63) is 30.3 Å². The number of nitrogens with zero attached hydrogens (tertiary/aromatic N) is 3. The monoisotopic (exact) mass is 274 g/mol. The molecule has 0 bridgehead atoms. The third kappa shape index (κ3) is 2.41. The Balaban J connectivity index is 1.87. The van der Waals surface area contributed by atoms with Gasteiger partial charge in [-0.1, -0.05) is 0 Å². The van der Waals surface area contributed by atoms with Crippen molar-refractivity contribution >= 4 is 22.6 Å². The SMILES string of the molecule is CN1CC(Nc2ncnc3ccc(F)cc23)CCC1=O. The lowest BCUT2D eigenvalue weighted by Gasteiger charge is -2.30. The van der Waals surface area contributed by atoms with E-state index in [1.54, 1.807) is 18.0 Å². The summed E-state index contributed by atoms with van der Waals surface area (Å²) in [6, 6.07) is 4.56. The Morgan fingerprint density at radius 2 is 2.25 bits per heavy atom. The Bertz CT molecular complexity index is 661. The van der Waals surface area contributed by atoms with E-state index < -0.39 is 0 Å². The lowest BCUT2D eigenvalue weighted by atomic mass is 10.1. The molecule has 5 nitrogen and oxygen atoms in total. The Hall–Kier alpha value is -2.24. The van der Waals surface area contributed by atoms with Crippen LogP contribution in [0, 0.1) is 5.82 Å². The van der Waals surface area contributed by atoms with Crippen LogP contribution >= 0.6 is 0 Å². The molecule has 1 unspecified atom stereocenters. The van der Waals surface area contributed by atoms with E-state index in [-0.39, 0.29) is 17.8 Å². The Morgan fingerprint density at radius 3 is 3.05 bits per heavy atom. The molecule has 1 N–H and O–H groups in total. The highest BCUT2D eigenvalue weighted by atomic mass is 19.1. The van der Waals surface area contributed by atoms with Gasteiger partial charge in [0.25, 0.3) is 0 Å². The number of halogens is 1. The highest BCUT2D eigenvalue weighted by molar-refractivity contribution is 5.89. The molecular weight excluding hydrogens is 259 g/mol. The van der Waals surface area contributed by atoms with Gasteiger partial charge in [0.15, 0.2) is 0 Å². The summed E-state index contributed by atoms with van der Waals surface area (Å²) in [7, 11) is 1.79. The summed E-state index contributed by atoms with van der Waals surface area (Å²) in [4.78, 5) is 21.5. The predicted molar refractivity (Wildman–Crippen MR) is 73.8 cm³/mol. The van der Waals surface area contributed by atoms with E-state index in [0.29, 0.717) is 29.7 Å². The minimum Gasteiger partial charge on any atom is -0.365 e. The third-order valence-corrected chi connectivity index (χ3v) is 3.56. The second-order valence-corrected chi connectivity index (χ2v) is 5.04. The van der Waals surface area contributed by atoms with Crippen molar-refractivity contribution in [2.45, 2.75) is 18.9 Å². The van der Waals surface area contributed by atoms with Gasteiger partial charge < -0.3 is 10.2 Å². The van der Waals surface area contributed by atoms with Crippen LogP contribution in [0.1, 0.15) is 12.8 Å². The molecule has 6 heteroatoms. The minimum atomic E-state index is -0.314. The van der Waals surface area contributed by atoms with Gasteiger partial charge in [-0.15, -0.1) is 0 Å². The fraction of sp³-hybridized carbons (Fsp3) is 0.357. The van der Waals surface area contributed by atoms with E-state index in [0.717, 1.165) is 6.42 Å². The number of likely N-dealkylation sites (N-methyl/N-ethyl adjacent to an activating group) is 1. The summed E-state index contributed by atoms with van der Waals surface area (Å²) in [6.07, 6.45) is 2.73. The number of hydrogen-bond donors (Lipinski definition) is 1. The maximum Gasteiger partial charge on any atom is 0.222 e. The van der Waals surface area contributed by atoms with Crippen LogP contribution in [0.15, 0.2) is 24.5 Å². The molecule has 1 fully saturated rings. The van der Waals surface area contributed by atoms with E-state index in [1.165, 1.54) is 18.5 Å². The normalized spacial score (nSPS) is 19.4. The number of anilines is 1. The van der Waals surface area contributed by atoms with Crippen LogP contribution in [0.5, 0.6) is 0 Å². The first-order chi connectivity index (χ1) is 9.63. The van der Waals surface area contributed by atoms with Crippen molar-refractivity contribution in [2.75, 3.05) is 18.9 Å². The van der Waals surface area contributed by atoms with Crippen molar-refractivity contribution in [3.8, 4) is 0 Å². The second-order valence-electron chi connectivity index (χ2n) is 5.04. The Kier molecular flexibility index (Phi) is 3.22. The smallest absolute Gasteiger partial charge is 0.222 e. The fourth-order valence-corrected chi connectivity index (χ4v) is 2.47. The summed E-state index contributed by atoms with van der Waals surface area (Å²) in [5, 5.41) is 3.95. The first-order valence-corrected chi connectivity index (χ1v) is 6.54. The molecule has 3 rings (SSSR count). The number of carbonyl (C=O) groups is 1. The third-order valence-electron chi connectivity index (χ3n) is 3.56. The number of benzene rings is 1. The van der Waals surface area contributed by atoms with Crippen LogP contribution in [0.25, 0.3) is 10.9 Å². The number of amides is 1. The van der Waals surface area contributed by atoms with Crippen LogP contribution in [-0.2, 0) is 4.79 Å². The van der Waals surface area contributed by atoms with Crippen LogP contribution < -0.4 is 5.32 Å². The first kappa shape index (κ1) is 12.8. The van der Waals surface area contributed by atoms with Crippen molar-refractivity contribution in [3.63, 3.8) is 0 Å². The molecule has 1 aliphatic heterocycles. The molecule has 0 saturated carbocycles. The van der Waals surface area contributed by atoms with Crippen LogP contribution in [0.4, 0.5) is 10.2 Å². The maximum absolute atomic E-state index is 13.4. The minimum absolute atomic E-state index is 0.124. The van der Waals surface area contributed by atoms with Crippen molar-refractivity contribution < 1.29 is 9.18 Å². The maximum atomic E-state index is 13.4. The highest BCUT2D eigenvalue weighted by Gasteiger charge is 2.23. The number of aromatic nitrogens is 2. The zero-order chi connectivity index (χ0) is 14.1. The number of fused-ring (bicyclic) bond motifs is 1. The molecule has 0 aliphatic carbocycles. The average Bonchev–Trinajstić information content (AvgIpc) is 2.44. The zero-order valence-corrected chi connectivity index (χ0v) is 11.1. The quantitative estimate of drug-likeness (QED) is 0.907. The van der Waals surface area contributed by atoms with E-state index in [1.807, 2.05) is 0 Å². The average molecular weight is 274 g/mol. The first-order valence-electron chi connectivity index (χ1n) is 6.54. The molecule has 1 amide bonds. The predicted octanol–water partition coefficient (Wildman–Crippen LogP) is 1.80. The second kappa shape index (κ2) is 5.03. The van der Waals surface area contributed by atoms with Crippen molar-refractivity contribution in [1.29, 1.82) is 0 Å². The van der Waals surface area contributed by atoms with Crippen LogP contribution in [0.2, 0.25) is 0 Å². The van der Waals surface area contributed by atoms with Gasteiger partial charge in [0.1, 0.15) is 18.0 Å². The van der Waals surface area contributed by atoms with E-state index in [2.05, 4.69) is 15.3 Å². The Morgan fingerprint density at radius 1 is 1.40 bits per heavy atom. The molecule has 1 aliphatic rings. The standard InChI is InChI=1S/C14H15FN4O/c1-19-7-10(3-5-13(19)20)18-14-11-6-9(15)2-4-12(11)16-8-17-14/h2,4,6,8,10H,3,5,7H2,1H3,(H,16,17,18). The Labute approximate surface area is 115 Å². The molecule has 1 atom stereocenters. The number of carbonyl (C=O) groups excluding carboxylic acids is 1. The van der Waals surface area contributed by atoms with Gasteiger partial charge >= 0.3 is 0 Å². The molecule has 0 radical (unpaired) electrons. The molecule has 104 valence electrons. The molecule has 1 aromatic heterocycles. The summed E-state index contributed by atoms with van der Waals surface area (Å²) in [5.74, 6) is 0.454. The molecule has 20 heavy (non-hydrogen) atoms. The summed E-state index contributed by atoms with van der Waals surface area (Å²) < 4.78 is 13.4. The van der Waals surface area contributed by atoms with Gasteiger partial charge in [-0.3, -0.25) is 4.79 Å². The lowest BCUT2D eigenvalue weighted by molar-refractivity contribution is -0.132.